The van der Waals surface area contributed by atoms with Gasteiger partial charge in [0.05, 0.1) is 6.61 Å². The summed E-state index contributed by atoms with van der Waals surface area (Å²) in [5.74, 6) is 1.09. The standard InChI is InChI=1S/C16H26FN3O.HI/c1-13(2)8-10-21-11-9-19-16(18-3)20-12-14-6-4-5-7-15(14)17;/h4-7,13H,8-12H2,1-3H3,(H2,18,19,20);1H. The fourth-order valence-electron chi connectivity index (χ4n) is 1.70. The van der Waals surface area contributed by atoms with E-state index in [1.807, 2.05) is 6.07 Å². The number of benzene rings is 1. The van der Waals surface area contributed by atoms with Gasteiger partial charge >= 0.3 is 0 Å². The van der Waals surface area contributed by atoms with Crippen molar-refractivity contribution in [3.8, 4) is 0 Å². The average molecular weight is 423 g/mol. The van der Waals surface area contributed by atoms with Crippen molar-refractivity contribution in [3.63, 3.8) is 0 Å². The third-order valence-corrected chi connectivity index (χ3v) is 3.01. The van der Waals surface area contributed by atoms with Gasteiger partial charge in [0.2, 0.25) is 0 Å². The van der Waals surface area contributed by atoms with Crippen molar-refractivity contribution in [2.75, 3.05) is 26.8 Å². The summed E-state index contributed by atoms with van der Waals surface area (Å²) in [6.07, 6.45) is 1.07. The van der Waals surface area contributed by atoms with E-state index in [1.54, 1.807) is 19.2 Å². The molecule has 6 heteroatoms. The van der Waals surface area contributed by atoms with Gasteiger partial charge in [0.25, 0.3) is 0 Å². The Morgan fingerprint density at radius 3 is 2.59 bits per heavy atom. The van der Waals surface area contributed by atoms with E-state index in [4.69, 9.17) is 4.74 Å². The zero-order chi connectivity index (χ0) is 15.5. The molecule has 0 spiro atoms. The van der Waals surface area contributed by atoms with E-state index in [1.165, 1.54) is 6.07 Å². The Labute approximate surface area is 149 Å². The molecular weight excluding hydrogens is 396 g/mol. The van der Waals surface area contributed by atoms with Gasteiger partial charge < -0.3 is 15.4 Å². The molecule has 0 fully saturated rings. The van der Waals surface area contributed by atoms with Gasteiger partial charge in [-0.1, -0.05) is 32.0 Å². The molecular formula is C16H27FIN3O. The third kappa shape index (κ3) is 9.19. The van der Waals surface area contributed by atoms with Crippen molar-refractivity contribution in [2.45, 2.75) is 26.8 Å². The van der Waals surface area contributed by atoms with Gasteiger partial charge in [-0.2, -0.15) is 0 Å². The minimum atomic E-state index is -0.211. The Bertz CT molecular complexity index is 441. The van der Waals surface area contributed by atoms with Crippen LogP contribution in [0.15, 0.2) is 29.3 Å². The lowest BCUT2D eigenvalue weighted by atomic mass is 10.1. The molecule has 0 saturated heterocycles. The SMILES string of the molecule is CN=C(NCCOCCC(C)C)NCc1ccccc1F.I. The third-order valence-electron chi connectivity index (χ3n) is 3.01. The summed E-state index contributed by atoms with van der Waals surface area (Å²) >= 11 is 0. The molecule has 0 bridgehead atoms. The lowest BCUT2D eigenvalue weighted by molar-refractivity contribution is 0.128. The number of nitrogens with zero attached hydrogens (tertiary/aromatic N) is 1. The molecule has 0 aromatic heterocycles. The molecule has 0 amide bonds. The molecule has 0 aliphatic carbocycles. The number of nitrogens with one attached hydrogen (secondary N) is 2. The zero-order valence-electron chi connectivity index (χ0n) is 13.6. The van der Waals surface area contributed by atoms with E-state index in [-0.39, 0.29) is 29.8 Å². The second-order valence-electron chi connectivity index (χ2n) is 5.24. The Morgan fingerprint density at radius 1 is 1.23 bits per heavy atom. The summed E-state index contributed by atoms with van der Waals surface area (Å²) in [5.41, 5.74) is 0.619. The molecule has 22 heavy (non-hydrogen) atoms. The topological polar surface area (TPSA) is 45.7 Å². The number of hydrogen-bond acceptors (Lipinski definition) is 2. The van der Waals surface area contributed by atoms with E-state index < -0.39 is 0 Å². The second kappa shape index (κ2) is 12.6. The molecule has 0 aliphatic rings. The van der Waals surface area contributed by atoms with Gasteiger partial charge in [-0.3, -0.25) is 4.99 Å². The monoisotopic (exact) mass is 423 g/mol. The minimum absolute atomic E-state index is 0. The summed E-state index contributed by atoms with van der Waals surface area (Å²) in [6.45, 7) is 6.84. The highest BCUT2D eigenvalue weighted by atomic mass is 127. The van der Waals surface area contributed by atoms with Gasteiger partial charge in [-0.15, -0.1) is 24.0 Å². The largest absolute Gasteiger partial charge is 0.380 e. The molecule has 1 aromatic carbocycles. The molecule has 0 radical (unpaired) electrons. The Morgan fingerprint density at radius 2 is 1.95 bits per heavy atom. The van der Waals surface area contributed by atoms with Gasteiger partial charge in [-0.25, -0.2) is 4.39 Å². The van der Waals surface area contributed by atoms with Gasteiger partial charge in [-0.05, 0) is 18.4 Å². The molecule has 0 atom stereocenters. The quantitative estimate of drug-likeness (QED) is 0.292. The van der Waals surface area contributed by atoms with Crippen LogP contribution in [0.25, 0.3) is 0 Å². The van der Waals surface area contributed by atoms with Crippen molar-refractivity contribution in [1.82, 2.24) is 10.6 Å². The normalized spacial score (nSPS) is 11.2. The van der Waals surface area contributed by atoms with E-state index in [2.05, 4.69) is 29.5 Å². The number of ether oxygens (including phenoxy) is 1. The molecule has 0 saturated carbocycles. The summed E-state index contributed by atoms with van der Waals surface area (Å²) < 4.78 is 19.0. The van der Waals surface area contributed by atoms with E-state index >= 15 is 0 Å². The first-order valence-corrected chi connectivity index (χ1v) is 7.39. The first kappa shape index (κ1) is 21.1. The lowest BCUT2D eigenvalue weighted by Crippen LogP contribution is -2.38. The molecule has 2 N–H and O–H groups in total. The maximum Gasteiger partial charge on any atom is 0.191 e. The van der Waals surface area contributed by atoms with Crippen LogP contribution in [0.4, 0.5) is 4.39 Å². The Kier molecular flexibility index (Phi) is 12.1. The highest BCUT2D eigenvalue weighted by Gasteiger charge is 2.02. The maximum atomic E-state index is 13.5. The van der Waals surface area contributed by atoms with Crippen molar-refractivity contribution < 1.29 is 9.13 Å². The van der Waals surface area contributed by atoms with E-state index in [0.29, 0.717) is 37.1 Å². The van der Waals surface area contributed by atoms with Crippen molar-refractivity contribution in [2.24, 2.45) is 10.9 Å². The number of halogens is 2. The van der Waals surface area contributed by atoms with Gasteiger partial charge in [0, 0.05) is 32.3 Å². The number of aliphatic imine (C=N–C) groups is 1. The Balaban J connectivity index is 0.00000441. The van der Waals surface area contributed by atoms with E-state index in [9.17, 15) is 4.39 Å². The van der Waals surface area contributed by atoms with Crippen LogP contribution in [-0.2, 0) is 11.3 Å². The van der Waals surface area contributed by atoms with Crippen LogP contribution < -0.4 is 10.6 Å². The van der Waals surface area contributed by atoms with Crippen LogP contribution in [0.2, 0.25) is 0 Å². The van der Waals surface area contributed by atoms with Crippen LogP contribution in [-0.4, -0.2) is 32.8 Å². The number of hydrogen-bond donors (Lipinski definition) is 2. The fraction of sp³-hybridized carbons (Fsp3) is 0.562. The predicted molar refractivity (Wildman–Crippen MR) is 100 cm³/mol. The summed E-state index contributed by atoms with van der Waals surface area (Å²) in [6, 6.07) is 6.71. The van der Waals surface area contributed by atoms with Crippen molar-refractivity contribution in [1.29, 1.82) is 0 Å². The molecule has 0 unspecified atom stereocenters. The maximum absolute atomic E-state index is 13.5. The Hall–Kier alpha value is -0.890. The molecule has 0 heterocycles. The predicted octanol–water partition coefficient (Wildman–Crippen LogP) is 3.17. The van der Waals surface area contributed by atoms with Crippen molar-refractivity contribution >= 4 is 29.9 Å². The van der Waals surface area contributed by atoms with Gasteiger partial charge in [0.1, 0.15) is 5.82 Å². The van der Waals surface area contributed by atoms with Gasteiger partial charge in [0.15, 0.2) is 5.96 Å². The molecule has 0 aliphatic heterocycles. The van der Waals surface area contributed by atoms with E-state index in [0.717, 1.165) is 13.0 Å². The molecule has 1 rings (SSSR count). The fourth-order valence-corrected chi connectivity index (χ4v) is 1.70. The van der Waals surface area contributed by atoms with Crippen LogP contribution >= 0.6 is 24.0 Å². The van der Waals surface area contributed by atoms with Crippen LogP contribution in [0.3, 0.4) is 0 Å². The number of rotatable bonds is 8. The second-order valence-corrected chi connectivity index (χ2v) is 5.24. The van der Waals surface area contributed by atoms with Crippen LogP contribution in [0.1, 0.15) is 25.8 Å². The first-order chi connectivity index (χ1) is 10.1. The van der Waals surface area contributed by atoms with Crippen molar-refractivity contribution in [3.05, 3.63) is 35.6 Å². The summed E-state index contributed by atoms with van der Waals surface area (Å²) in [7, 11) is 1.69. The molecule has 4 nitrogen and oxygen atoms in total. The highest BCUT2D eigenvalue weighted by Crippen LogP contribution is 2.05. The minimum Gasteiger partial charge on any atom is -0.380 e. The highest BCUT2D eigenvalue weighted by molar-refractivity contribution is 14.0. The lowest BCUT2D eigenvalue weighted by Gasteiger charge is -2.12. The first-order valence-electron chi connectivity index (χ1n) is 7.39. The molecule has 126 valence electrons. The number of guanidine groups is 1. The van der Waals surface area contributed by atoms with Crippen LogP contribution in [0.5, 0.6) is 0 Å². The summed E-state index contributed by atoms with van der Waals surface area (Å²) in [4.78, 5) is 4.10. The zero-order valence-corrected chi connectivity index (χ0v) is 15.9. The van der Waals surface area contributed by atoms with Crippen LogP contribution in [0, 0.1) is 11.7 Å². The smallest absolute Gasteiger partial charge is 0.191 e. The molecule has 1 aromatic rings. The summed E-state index contributed by atoms with van der Waals surface area (Å²) in [5, 5.41) is 6.22. The average Bonchev–Trinajstić information content (AvgIpc) is 2.47.